The summed E-state index contributed by atoms with van der Waals surface area (Å²) in [6, 6.07) is 41.6. The van der Waals surface area contributed by atoms with Crippen molar-refractivity contribution in [2.45, 2.75) is 0 Å². The summed E-state index contributed by atoms with van der Waals surface area (Å²) >= 11 is 1.88. The minimum atomic E-state index is 1.19. The van der Waals surface area contributed by atoms with Gasteiger partial charge in [0.15, 0.2) is 0 Å². The Bertz CT molecular complexity index is 1770. The lowest BCUT2D eigenvalue weighted by Crippen LogP contribution is -1.94. The highest BCUT2D eigenvalue weighted by Crippen LogP contribution is 2.43. The maximum Gasteiger partial charge on any atom is 0.0548 e. The first-order valence-electron chi connectivity index (χ1n) is 10.9. The molecule has 0 saturated heterocycles. The summed E-state index contributed by atoms with van der Waals surface area (Å²) in [5.74, 6) is 0. The molecule has 2 heterocycles. The lowest BCUT2D eigenvalue weighted by atomic mass is 10.0. The predicted molar refractivity (Wildman–Crippen MR) is 139 cm³/mol. The highest BCUT2D eigenvalue weighted by atomic mass is 32.1. The molecule has 7 aromatic rings. The van der Waals surface area contributed by atoms with Gasteiger partial charge in [-0.25, -0.2) is 0 Å². The molecule has 1 nitrogen and oxygen atoms in total. The van der Waals surface area contributed by atoms with Gasteiger partial charge in [-0.1, -0.05) is 78.9 Å². The van der Waals surface area contributed by atoms with E-state index in [-0.39, 0.29) is 0 Å². The van der Waals surface area contributed by atoms with E-state index in [1.165, 1.54) is 58.8 Å². The second-order valence-corrected chi connectivity index (χ2v) is 9.28. The number of nitrogens with zero attached hydrogens (tertiary/aromatic N) is 1. The molecule has 0 spiro atoms. The zero-order chi connectivity index (χ0) is 21.1. The standard InChI is InChI=1S/C30H19NS/c1-2-9-20(10-3-1)21-11-8-12-22(19-21)31-25-15-6-4-13-23(25)29-26(31)17-18-28-30(29)24-14-5-7-16-27(24)32-28/h1-19H. The molecular formula is C30H19NS. The van der Waals surface area contributed by atoms with Crippen molar-refractivity contribution in [1.82, 2.24) is 4.57 Å². The van der Waals surface area contributed by atoms with Crippen LogP contribution in [0.25, 0.3) is 58.8 Å². The minimum Gasteiger partial charge on any atom is -0.309 e. The molecule has 2 aromatic heterocycles. The Morgan fingerprint density at radius 1 is 0.469 bits per heavy atom. The summed E-state index contributed by atoms with van der Waals surface area (Å²) < 4.78 is 5.11. The Labute approximate surface area is 189 Å². The maximum atomic E-state index is 2.42. The van der Waals surface area contributed by atoms with Crippen LogP contribution in [-0.4, -0.2) is 4.57 Å². The van der Waals surface area contributed by atoms with E-state index < -0.39 is 0 Å². The van der Waals surface area contributed by atoms with Crippen LogP contribution in [0.1, 0.15) is 0 Å². The van der Waals surface area contributed by atoms with E-state index in [9.17, 15) is 0 Å². The van der Waals surface area contributed by atoms with Gasteiger partial charge in [0.2, 0.25) is 0 Å². The SMILES string of the molecule is c1ccc(-c2cccc(-n3c4ccccc4c4c5c(ccc43)sc3ccccc35)c2)cc1. The number of hydrogen-bond acceptors (Lipinski definition) is 1. The molecule has 0 aliphatic rings. The quantitative estimate of drug-likeness (QED) is 0.261. The second kappa shape index (κ2) is 6.81. The molecular weight excluding hydrogens is 406 g/mol. The number of thiophene rings is 1. The third-order valence-electron chi connectivity index (χ3n) is 6.39. The fourth-order valence-corrected chi connectivity index (χ4v) is 6.12. The lowest BCUT2D eigenvalue weighted by molar-refractivity contribution is 1.18. The first-order chi connectivity index (χ1) is 15.9. The molecule has 0 N–H and O–H groups in total. The summed E-state index contributed by atoms with van der Waals surface area (Å²) in [5.41, 5.74) is 6.16. The van der Waals surface area contributed by atoms with E-state index in [2.05, 4.69) is 120 Å². The van der Waals surface area contributed by atoms with Crippen LogP contribution in [0.4, 0.5) is 0 Å². The number of benzene rings is 5. The van der Waals surface area contributed by atoms with Gasteiger partial charge in [-0.2, -0.15) is 0 Å². The van der Waals surface area contributed by atoms with E-state index in [1.54, 1.807) is 0 Å². The van der Waals surface area contributed by atoms with Crippen molar-refractivity contribution in [1.29, 1.82) is 0 Å². The molecule has 0 aliphatic carbocycles. The molecule has 32 heavy (non-hydrogen) atoms. The van der Waals surface area contributed by atoms with E-state index in [4.69, 9.17) is 0 Å². The largest absolute Gasteiger partial charge is 0.309 e. The van der Waals surface area contributed by atoms with E-state index >= 15 is 0 Å². The monoisotopic (exact) mass is 425 g/mol. The van der Waals surface area contributed by atoms with Crippen LogP contribution < -0.4 is 0 Å². The second-order valence-electron chi connectivity index (χ2n) is 8.20. The number of rotatable bonds is 2. The Balaban J connectivity index is 1.61. The van der Waals surface area contributed by atoms with Gasteiger partial charge >= 0.3 is 0 Å². The fraction of sp³-hybridized carbons (Fsp3) is 0. The number of hydrogen-bond donors (Lipinski definition) is 0. The average molecular weight is 426 g/mol. The molecule has 150 valence electrons. The van der Waals surface area contributed by atoms with Crippen molar-refractivity contribution in [2.24, 2.45) is 0 Å². The van der Waals surface area contributed by atoms with Crippen LogP contribution >= 0.6 is 11.3 Å². The van der Waals surface area contributed by atoms with Crippen molar-refractivity contribution in [2.75, 3.05) is 0 Å². The first-order valence-corrected chi connectivity index (χ1v) is 11.7. The number of fused-ring (bicyclic) bond motifs is 7. The maximum absolute atomic E-state index is 2.42. The fourth-order valence-electron chi connectivity index (χ4n) is 5.01. The average Bonchev–Trinajstić information content (AvgIpc) is 3.40. The zero-order valence-electron chi connectivity index (χ0n) is 17.3. The van der Waals surface area contributed by atoms with Crippen molar-refractivity contribution >= 4 is 53.3 Å². The number of para-hydroxylation sites is 1. The van der Waals surface area contributed by atoms with Gasteiger partial charge < -0.3 is 4.57 Å². The third kappa shape index (κ3) is 2.50. The van der Waals surface area contributed by atoms with Crippen LogP contribution in [0, 0.1) is 0 Å². The van der Waals surface area contributed by atoms with Gasteiger partial charge in [0.1, 0.15) is 0 Å². The van der Waals surface area contributed by atoms with Crippen LogP contribution in [0.5, 0.6) is 0 Å². The highest BCUT2D eigenvalue weighted by molar-refractivity contribution is 7.26. The van der Waals surface area contributed by atoms with Crippen molar-refractivity contribution in [3.63, 3.8) is 0 Å². The van der Waals surface area contributed by atoms with Crippen molar-refractivity contribution in [3.05, 3.63) is 115 Å². The molecule has 0 unspecified atom stereocenters. The Morgan fingerprint density at radius 2 is 1.22 bits per heavy atom. The molecule has 0 amide bonds. The first kappa shape index (κ1) is 17.8. The third-order valence-corrected chi connectivity index (χ3v) is 7.52. The van der Waals surface area contributed by atoms with Crippen molar-refractivity contribution < 1.29 is 0 Å². The predicted octanol–water partition coefficient (Wildman–Crippen LogP) is 8.82. The summed E-state index contributed by atoms with van der Waals surface area (Å²) in [6.45, 7) is 0. The molecule has 0 saturated carbocycles. The van der Waals surface area contributed by atoms with Gasteiger partial charge in [0.05, 0.1) is 11.0 Å². The molecule has 0 fully saturated rings. The molecule has 2 heteroatoms. The van der Waals surface area contributed by atoms with Gasteiger partial charge in [-0.15, -0.1) is 11.3 Å². The summed E-state index contributed by atoms with van der Waals surface area (Å²) in [4.78, 5) is 0. The smallest absolute Gasteiger partial charge is 0.0548 e. The van der Waals surface area contributed by atoms with Gasteiger partial charge in [-0.3, -0.25) is 0 Å². The van der Waals surface area contributed by atoms with E-state index in [0.29, 0.717) is 0 Å². The Morgan fingerprint density at radius 3 is 2.12 bits per heavy atom. The number of aromatic nitrogens is 1. The topological polar surface area (TPSA) is 4.93 Å². The summed E-state index contributed by atoms with van der Waals surface area (Å²) in [7, 11) is 0. The minimum absolute atomic E-state index is 1.19. The Kier molecular flexibility index (Phi) is 3.78. The van der Waals surface area contributed by atoms with Crippen molar-refractivity contribution in [3.8, 4) is 16.8 Å². The van der Waals surface area contributed by atoms with E-state index in [0.717, 1.165) is 0 Å². The Hall–Kier alpha value is -3.88. The lowest BCUT2D eigenvalue weighted by Gasteiger charge is -2.10. The van der Waals surface area contributed by atoms with Gasteiger partial charge in [-0.05, 0) is 47.5 Å². The highest BCUT2D eigenvalue weighted by Gasteiger charge is 2.17. The zero-order valence-corrected chi connectivity index (χ0v) is 18.1. The molecule has 0 bridgehead atoms. The van der Waals surface area contributed by atoms with Crippen LogP contribution in [0.2, 0.25) is 0 Å². The van der Waals surface area contributed by atoms with Crippen LogP contribution in [-0.2, 0) is 0 Å². The van der Waals surface area contributed by atoms with Crippen LogP contribution in [0.15, 0.2) is 115 Å². The molecule has 0 aliphatic heterocycles. The molecule has 7 rings (SSSR count). The molecule has 5 aromatic carbocycles. The van der Waals surface area contributed by atoms with Gasteiger partial charge in [0, 0.05) is 36.6 Å². The molecule has 0 radical (unpaired) electrons. The van der Waals surface area contributed by atoms with Gasteiger partial charge in [0.25, 0.3) is 0 Å². The normalized spacial score (nSPS) is 11.8. The molecule has 0 atom stereocenters. The van der Waals surface area contributed by atoms with E-state index in [1.807, 2.05) is 11.3 Å². The summed E-state index contributed by atoms with van der Waals surface area (Å²) in [6.07, 6.45) is 0. The summed E-state index contributed by atoms with van der Waals surface area (Å²) in [5, 5.41) is 5.37. The van der Waals surface area contributed by atoms with Crippen LogP contribution in [0.3, 0.4) is 0 Å².